The lowest BCUT2D eigenvalue weighted by molar-refractivity contribution is -0.126. The first kappa shape index (κ1) is 15.0. The molecular weight excluding hydrogens is 265 g/mol. The van der Waals surface area contributed by atoms with Gasteiger partial charge in [-0.05, 0) is 36.3 Å². The summed E-state index contributed by atoms with van der Waals surface area (Å²) >= 11 is 0. The van der Waals surface area contributed by atoms with Crippen molar-refractivity contribution in [2.45, 2.75) is 13.0 Å². The van der Waals surface area contributed by atoms with Gasteiger partial charge >= 0.3 is 0 Å². The minimum atomic E-state index is -0.284. The largest absolute Gasteiger partial charge is 0.335 e. The molecule has 108 valence electrons. The lowest BCUT2D eigenvalue weighted by atomic mass is 10.1. The van der Waals surface area contributed by atoms with Crippen molar-refractivity contribution in [3.63, 3.8) is 0 Å². The average molecular weight is 283 g/mol. The number of rotatable bonds is 4. The summed E-state index contributed by atoms with van der Waals surface area (Å²) in [7, 11) is 1.77. The summed E-state index contributed by atoms with van der Waals surface area (Å²) in [5.74, 6) is -0.371. The topological polar surface area (TPSA) is 20.3 Å². The minimum Gasteiger partial charge on any atom is -0.335 e. The van der Waals surface area contributed by atoms with E-state index in [4.69, 9.17) is 0 Å². The number of likely N-dealkylation sites (N-methyl/N-ethyl adjacent to an activating group) is 1. The average Bonchev–Trinajstić information content (AvgIpc) is 2.53. The van der Waals surface area contributed by atoms with Crippen LogP contribution in [0.25, 0.3) is 6.08 Å². The van der Waals surface area contributed by atoms with E-state index in [2.05, 4.69) is 0 Å². The standard InChI is InChI=1S/C18H18FNO/c1-14(16-6-4-3-5-7-16)20(2)18(21)13-10-15-8-11-17(19)12-9-15/h3-14H,1-2H3/b13-10+. The Bertz CT molecular complexity index is 619. The van der Waals surface area contributed by atoms with Crippen molar-refractivity contribution in [1.29, 1.82) is 0 Å². The van der Waals surface area contributed by atoms with Gasteiger partial charge in [0.15, 0.2) is 0 Å². The summed E-state index contributed by atoms with van der Waals surface area (Å²) in [6.07, 6.45) is 3.20. The Morgan fingerprint density at radius 2 is 1.71 bits per heavy atom. The van der Waals surface area contributed by atoms with E-state index >= 15 is 0 Å². The monoisotopic (exact) mass is 283 g/mol. The first-order chi connectivity index (χ1) is 10.1. The van der Waals surface area contributed by atoms with Crippen LogP contribution in [0.3, 0.4) is 0 Å². The molecule has 2 aromatic rings. The molecule has 0 spiro atoms. The van der Waals surface area contributed by atoms with Gasteiger partial charge in [0.05, 0.1) is 6.04 Å². The highest BCUT2D eigenvalue weighted by Gasteiger charge is 2.14. The molecule has 0 saturated carbocycles. The molecule has 2 rings (SSSR count). The normalized spacial score (nSPS) is 12.3. The molecule has 0 N–H and O–H groups in total. The molecule has 3 heteroatoms. The number of benzene rings is 2. The van der Waals surface area contributed by atoms with Crippen molar-refractivity contribution in [1.82, 2.24) is 4.90 Å². The third kappa shape index (κ3) is 4.02. The summed E-state index contributed by atoms with van der Waals surface area (Å²) in [6.45, 7) is 1.99. The molecule has 0 aliphatic heterocycles. The zero-order valence-corrected chi connectivity index (χ0v) is 12.2. The van der Waals surface area contributed by atoms with Crippen molar-refractivity contribution in [3.8, 4) is 0 Å². The van der Waals surface area contributed by atoms with Crippen LogP contribution in [0.5, 0.6) is 0 Å². The van der Waals surface area contributed by atoms with Crippen LogP contribution in [0, 0.1) is 5.82 Å². The third-order valence-corrected chi connectivity index (χ3v) is 3.50. The highest BCUT2D eigenvalue weighted by Crippen LogP contribution is 2.18. The molecule has 1 amide bonds. The lowest BCUT2D eigenvalue weighted by Crippen LogP contribution is -2.27. The minimum absolute atomic E-state index is 0.00318. The van der Waals surface area contributed by atoms with Gasteiger partial charge in [-0.3, -0.25) is 4.79 Å². The van der Waals surface area contributed by atoms with E-state index in [9.17, 15) is 9.18 Å². The molecule has 0 fully saturated rings. The molecule has 1 atom stereocenters. The van der Waals surface area contributed by atoms with E-state index in [-0.39, 0.29) is 17.8 Å². The molecule has 21 heavy (non-hydrogen) atoms. The Hall–Kier alpha value is -2.42. The van der Waals surface area contributed by atoms with Gasteiger partial charge in [-0.1, -0.05) is 42.5 Å². The third-order valence-electron chi connectivity index (χ3n) is 3.50. The molecule has 0 saturated heterocycles. The van der Waals surface area contributed by atoms with Crippen molar-refractivity contribution in [3.05, 3.63) is 77.6 Å². The Kier molecular flexibility index (Phi) is 4.88. The van der Waals surface area contributed by atoms with Crippen LogP contribution in [-0.4, -0.2) is 17.9 Å². The molecular formula is C18H18FNO. The second-order valence-corrected chi connectivity index (χ2v) is 4.92. The van der Waals surface area contributed by atoms with Gasteiger partial charge in [-0.15, -0.1) is 0 Å². The lowest BCUT2D eigenvalue weighted by Gasteiger charge is -2.24. The quantitative estimate of drug-likeness (QED) is 0.775. The molecule has 0 aromatic heterocycles. The molecule has 2 nitrogen and oxygen atoms in total. The number of carbonyl (C=O) groups excluding carboxylic acids is 1. The van der Waals surface area contributed by atoms with Crippen molar-refractivity contribution in [2.24, 2.45) is 0 Å². The number of amides is 1. The van der Waals surface area contributed by atoms with Gasteiger partial charge in [0.1, 0.15) is 5.82 Å². The molecule has 2 aromatic carbocycles. The second kappa shape index (κ2) is 6.84. The molecule has 1 unspecified atom stereocenters. The number of hydrogen-bond donors (Lipinski definition) is 0. The SMILES string of the molecule is CC(c1ccccc1)N(C)C(=O)/C=C/c1ccc(F)cc1. The fourth-order valence-electron chi connectivity index (χ4n) is 2.00. The van der Waals surface area contributed by atoms with Crippen LogP contribution in [0.1, 0.15) is 24.1 Å². The van der Waals surface area contributed by atoms with E-state index in [1.165, 1.54) is 18.2 Å². The summed E-state index contributed by atoms with van der Waals surface area (Å²) in [5, 5.41) is 0. The highest BCUT2D eigenvalue weighted by atomic mass is 19.1. The van der Waals surface area contributed by atoms with E-state index in [0.717, 1.165) is 11.1 Å². The van der Waals surface area contributed by atoms with Gasteiger partial charge in [-0.25, -0.2) is 4.39 Å². The maximum Gasteiger partial charge on any atom is 0.246 e. The van der Waals surface area contributed by atoms with Crippen LogP contribution in [0.2, 0.25) is 0 Å². The highest BCUT2D eigenvalue weighted by molar-refractivity contribution is 5.91. The summed E-state index contributed by atoms with van der Waals surface area (Å²) in [4.78, 5) is 13.8. The maximum atomic E-state index is 12.8. The molecule has 0 aliphatic carbocycles. The van der Waals surface area contributed by atoms with Gasteiger partial charge in [0.25, 0.3) is 0 Å². The van der Waals surface area contributed by atoms with Crippen molar-refractivity contribution < 1.29 is 9.18 Å². The zero-order chi connectivity index (χ0) is 15.2. The first-order valence-corrected chi connectivity index (χ1v) is 6.83. The predicted octanol–water partition coefficient (Wildman–Crippen LogP) is 4.06. The fourth-order valence-corrected chi connectivity index (χ4v) is 2.00. The Morgan fingerprint density at radius 1 is 1.10 bits per heavy atom. The Balaban J connectivity index is 2.04. The maximum absolute atomic E-state index is 12.8. The van der Waals surface area contributed by atoms with Crippen LogP contribution in [0.4, 0.5) is 4.39 Å². The van der Waals surface area contributed by atoms with Crippen molar-refractivity contribution >= 4 is 12.0 Å². The van der Waals surface area contributed by atoms with E-state index < -0.39 is 0 Å². The first-order valence-electron chi connectivity index (χ1n) is 6.83. The molecule has 0 radical (unpaired) electrons. The van der Waals surface area contributed by atoms with Gasteiger partial charge in [0.2, 0.25) is 5.91 Å². The van der Waals surface area contributed by atoms with Gasteiger partial charge in [-0.2, -0.15) is 0 Å². The smallest absolute Gasteiger partial charge is 0.246 e. The van der Waals surface area contributed by atoms with E-state index in [0.29, 0.717) is 0 Å². The molecule has 0 aliphatic rings. The molecule has 0 bridgehead atoms. The Morgan fingerprint density at radius 3 is 2.33 bits per heavy atom. The fraction of sp³-hybridized carbons (Fsp3) is 0.167. The number of hydrogen-bond acceptors (Lipinski definition) is 1. The molecule has 0 heterocycles. The van der Waals surface area contributed by atoms with Gasteiger partial charge in [0, 0.05) is 13.1 Å². The van der Waals surface area contributed by atoms with E-state index in [1.807, 2.05) is 37.3 Å². The Labute approximate surface area is 124 Å². The summed E-state index contributed by atoms with van der Waals surface area (Å²) in [6, 6.07) is 15.9. The zero-order valence-electron chi connectivity index (χ0n) is 12.2. The van der Waals surface area contributed by atoms with E-state index in [1.54, 1.807) is 30.2 Å². The summed E-state index contributed by atoms with van der Waals surface area (Å²) < 4.78 is 12.8. The van der Waals surface area contributed by atoms with Crippen LogP contribution in [-0.2, 0) is 4.79 Å². The number of nitrogens with zero attached hydrogens (tertiary/aromatic N) is 1. The predicted molar refractivity (Wildman–Crippen MR) is 83.1 cm³/mol. The van der Waals surface area contributed by atoms with Crippen LogP contribution < -0.4 is 0 Å². The number of carbonyl (C=O) groups is 1. The van der Waals surface area contributed by atoms with Crippen molar-refractivity contribution in [2.75, 3.05) is 7.05 Å². The summed E-state index contributed by atoms with van der Waals surface area (Å²) in [5.41, 5.74) is 1.88. The number of halogens is 1. The van der Waals surface area contributed by atoms with Crippen LogP contribution in [0.15, 0.2) is 60.7 Å². The second-order valence-electron chi connectivity index (χ2n) is 4.92. The van der Waals surface area contributed by atoms with Crippen LogP contribution >= 0.6 is 0 Å². The van der Waals surface area contributed by atoms with Gasteiger partial charge < -0.3 is 4.90 Å².